The molecule has 17 heavy (non-hydrogen) atoms. The molecule has 92 valence electrons. The highest BCUT2D eigenvalue weighted by molar-refractivity contribution is 9.10. The quantitative estimate of drug-likeness (QED) is 0.729. The Balaban J connectivity index is 1.75. The van der Waals surface area contributed by atoms with Crippen LogP contribution >= 0.6 is 15.9 Å². The summed E-state index contributed by atoms with van der Waals surface area (Å²) in [6.45, 7) is 0.626. The average molecular weight is 298 g/mol. The van der Waals surface area contributed by atoms with Gasteiger partial charge in [-0.15, -0.1) is 0 Å². The van der Waals surface area contributed by atoms with Crippen molar-refractivity contribution in [1.82, 2.24) is 5.32 Å². The molecule has 0 heterocycles. The van der Waals surface area contributed by atoms with E-state index in [1.807, 2.05) is 18.2 Å². The van der Waals surface area contributed by atoms with E-state index in [2.05, 4.69) is 26.6 Å². The lowest BCUT2D eigenvalue weighted by Gasteiger charge is -2.09. The minimum Gasteiger partial charge on any atom is -0.399 e. The van der Waals surface area contributed by atoms with Gasteiger partial charge in [0.05, 0.1) is 0 Å². The Kier molecular flexibility index (Phi) is 3.89. The number of benzene rings is 1. The van der Waals surface area contributed by atoms with E-state index in [0.29, 0.717) is 24.7 Å². The van der Waals surface area contributed by atoms with Gasteiger partial charge in [0.1, 0.15) is 0 Å². The fraction of sp³-hybridized carbons (Fsp3) is 0.417. The Hall–Kier alpha value is -1.23. The molecule has 1 aliphatic rings. The van der Waals surface area contributed by atoms with Crippen molar-refractivity contribution in [2.24, 2.45) is 0 Å². The number of hydrogen-bond acceptors (Lipinski definition) is 3. The van der Waals surface area contributed by atoms with Crippen molar-refractivity contribution >= 4 is 33.2 Å². The van der Waals surface area contributed by atoms with Crippen LogP contribution in [0.4, 0.5) is 11.4 Å². The lowest BCUT2D eigenvalue weighted by molar-refractivity contribution is -0.120. The summed E-state index contributed by atoms with van der Waals surface area (Å²) in [6, 6.07) is 6.01. The summed E-state index contributed by atoms with van der Waals surface area (Å²) in [5, 5.41) is 6.15. The summed E-state index contributed by atoms with van der Waals surface area (Å²) in [6.07, 6.45) is 2.75. The van der Waals surface area contributed by atoms with E-state index in [9.17, 15) is 4.79 Å². The second kappa shape index (κ2) is 5.40. The van der Waals surface area contributed by atoms with Gasteiger partial charge in [0.2, 0.25) is 5.91 Å². The number of nitrogens with two attached hydrogens (primary N) is 1. The SMILES string of the molecule is Nc1ccc(NCCC(=O)NC2CC2)c(Br)c1. The third kappa shape index (κ3) is 3.93. The number of nitrogen functional groups attached to an aromatic ring is 1. The maximum atomic E-state index is 11.4. The number of carbonyl (C=O) groups excluding carboxylic acids is 1. The summed E-state index contributed by atoms with van der Waals surface area (Å²) in [4.78, 5) is 11.4. The number of halogens is 1. The minimum atomic E-state index is 0.117. The van der Waals surface area contributed by atoms with Gasteiger partial charge in [-0.3, -0.25) is 4.79 Å². The summed E-state index contributed by atoms with van der Waals surface area (Å²) in [5.74, 6) is 0.117. The molecule has 5 heteroatoms. The monoisotopic (exact) mass is 297 g/mol. The van der Waals surface area contributed by atoms with Crippen LogP contribution in [-0.2, 0) is 4.79 Å². The smallest absolute Gasteiger partial charge is 0.221 e. The van der Waals surface area contributed by atoms with Crippen molar-refractivity contribution in [2.45, 2.75) is 25.3 Å². The minimum absolute atomic E-state index is 0.117. The van der Waals surface area contributed by atoms with Crippen LogP contribution in [0.15, 0.2) is 22.7 Å². The third-order valence-corrected chi connectivity index (χ3v) is 3.26. The third-order valence-electron chi connectivity index (χ3n) is 2.60. The molecular formula is C12H16BrN3O. The number of amides is 1. The highest BCUT2D eigenvalue weighted by Gasteiger charge is 2.22. The van der Waals surface area contributed by atoms with Gasteiger partial charge in [0.15, 0.2) is 0 Å². The first-order valence-electron chi connectivity index (χ1n) is 5.73. The standard InChI is InChI=1S/C12H16BrN3O/c13-10-7-8(14)1-4-11(10)15-6-5-12(17)16-9-2-3-9/h1,4,7,9,15H,2-3,5-6,14H2,(H,16,17). The van der Waals surface area contributed by atoms with E-state index in [1.165, 1.54) is 0 Å². The summed E-state index contributed by atoms with van der Waals surface area (Å²) >= 11 is 3.42. The normalized spacial score (nSPS) is 14.4. The van der Waals surface area contributed by atoms with E-state index >= 15 is 0 Å². The summed E-state index contributed by atoms with van der Waals surface area (Å²) < 4.78 is 0.917. The maximum absolute atomic E-state index is 11.4. The molecule has 0 saturated heterocycles. The fourth-order valence-corrected chi connectivity index (χ4v) is 2.05. The molecule has 0 atom stereocenters. The Labute approximate surface area is 109 Å². The van der Waals surface area contributed by atoms with E-state index in [4.69, 9.17) is 5.73 Å². The zero-order chi connectivity index (χ0) is 12.3. The first-order valence-corrected chi connectivity index (χ1v) is 6.53. The lowest BCUT2D eigenvalue weighted by atomic mass is 10.3. The largest absolute Gasteiger partial charge is 0.399 e. The Bertz CT molecular complexity index is 418. The van der Waals surface area contributed by atoms with Gasteiger partial charge in [0, 0.05) is 34.9 Å². The highest BCUT2D eigenvalue weighted by atomic mass is 79.9. The molecule has 0 aliphatic heterocycles. The number of carbonyl (C=O) groups is 1. The molecular weight excluding hydrogens is 282 g/mol. The molecule has 0 bridgehead atoms. The molecule has 2 rings (SSSR count). The fourth-order valence-electron chi connectivity index (χ4n) is 1.51. The molecule has 1 amide bonds. The Morgan fingerprint density at radius 3 is 2.88 bits per heavy atom. The molecule has 4 nitrogen and oxygen atoms in total. The summed E-state index contributed by atoms with van der Waals surface area (Å²) in [5.41, 5.74) is 7.32. The van der Waals surface area contributed by atoms with Gasteiger partial charge in [-0.25, -0.2) is 0 Å². The zero-order valence-corrected chi connectivity index (χ0v) is 11.1. The van der Waals surface area contributed by atoms with Crippen LogP contribution in [0.1, 0.15) is 19.3 Å². The predicted octanol–water partition coefficient (Wildman–Crippen LogP) is 2.11. The second-order valence-corrected chi connectivity index (χ2v) is 5.11. The molecule has 0 spiro atoms. The van der Waals surface area contributed by atoms with Crippen LogP contribution in [0.25, 0.3) is 0 Å². The number of hydrogen-bond donors (Lipinski definition) is 3. The zero-order valence-electron chi connectivity index (χ0n) is 9.50. The van der Waals surface area contributed by atoms with Crippen molar-refractivity contribution in [2.75, 3.05) is 17.6 Å². The molecule has 1 fully saturated rings. The van der Waals surface area contributed by atoms with E-state index in [-0.39, 0.29) is 5.91 Å². The molecule has 0 radical (unpaired) electrons. The van der Waals surface area contributed by atoms with Crippen molar-refractivity contribution in [3.63, 3.8) is 0 Å². The van der Waals surface area contributed by atoms with Crippen molar-refractivity contribution < 1.29 is 4.79 Å². The lowest BCUT2D eigenvalue weighted by Crippen LogP contribution is -2.27. The Morgan fingerprint density at radius 2 is 2.24 bits per heavy atom. The topological polar surface area (TPSA) is 67.1 Å². The van der Waals surface area contributed by atoms with Crippen molar-refractivity contribution in [3.05, 3.63) is 22.7 Å². The van der Waals surface area contributed by atoms with Gasteiger partial charge in [-0.05, 0) is 47.0 Å². The molecule has 1 aliphatic carbocycles. The average Bonchev–Trinajstić information content (AvgIpc) is 3.05. The number of nitrogens with one attached hydrogen (secondary N) is 2. The first kappa shape index (κ1) is 12.2. The van der Waals surface area contributed by atoms with Gasteiger partial charge < -0.3 is 16.4 Å². The van der Waals surface area contributed by atoms with E-state index in [1.54, 1.807) is 0 Å². The number of anilines is 2. The van der Waals surface area contributed by atoms with E-state index < -0.39 is 0 Å². The highest BCUT2D eigenvalue weighted by Crippen LogP contribution is 2.24. The molecule has 4 N–H and O–H groups in total. The predicted molar refractivity (Wildman–Crippen MR) is 72.8 cm³/mol. The van der Waals surface area contributed by atoms with Gasteiger partial charge in [-0.2, -0.15) is 0 Å². The van der Waals surface area contributed by atoms with Gasteiger partial charge >= 0.3 is 0 Å². The second-order valence-electron chi connectivity index (χ2n) is 4.26. The van der Waals surface area contributed by atoms with Crippen LogP contribution in [0.2, 0.25) is 0 Å². The van der Waals surface area contributed by atoms with Crippen LogP contribution in [0, 0.1) is 0 Å². The van der Waals surface area contributed by atoms with Crippen LogP contribution in [-0.4, -0.2) is 18.5 Å². The van der Waals surface area contributed by atoms with Gasteiger partial charge in [-0.1, -0.05) is 0 Å². The van der Waals surface area contributed by atoms with Crippen molar-refractivity contribution in [3.8, 4) is 0 Å². The van der Waals surface area contributed by atoms with Gasteiger partial charge in [0.25, 0.3) is 0 Å². The summed E-state index contributed by atoms with van der Waals surface area (Å²) in [7, 11) is 0. The molecule has 0 aromatic heterocycles. The molecule has 1 aromatic carbocycles. The van der Waals surface area contributed by atoms with E-state index in [0.717, 1.165) is 23.0 Å². The van der Waals surface area contributed by atoms with Crippen LogP contribution in [0.3, 0.4) is 0 Å². The molecule has 0 unspecified atom stereocenters. The maximum Gasteiger partial charge on any atom is 0.221 e. The first-order chi connectivity index (χ1) is 8.15. The number of rotatable bonds is 5. The molecule has 1 aromatic rings. The van der Waals surface area contributed by atoms with Crippen LogP contribution in [0.5, 0.6) is 0 Å². The van der Waals surface area contributed by atoms with Crippen LogP contribution < -0.4 is 16.4 Å². The molecule has 1 saturated carbocycles. The Morgan fingerprint density at radius 1 is 1.47 bits per heavy atom. The van der Waals surface area contributed by atoms with Crippen molar-refractivity contribution in [1.29, 1.82) is 0 Å².